The van der Waals surface area contributed by atoms with E-state index in [1.165, 1.54) is 5.56 Å². The van der Waals surface area contributed by atoms with Crippen LogP contribution in [0.15, 0.2) is 48.9 Å². The molecule has 1 aliphatic rings. The van der Waals surface area contributed by atoms with Crippen molar-refractivity contribution in [3.05, 3.63) is 54.5 Å². The lowest BCUT2D eigenvalue weighted by Crippen LogP contribution is -2.47. The van der Waals surface area contributed by atoms with Gasteiger partial charge in [0.25, 0.3) is 0 Å². The summed E-state index contributed by atoms with van der Waals surface area (Å²) in [6, 6.07) is 10.1. The lowest BCUT2D eigenvalue weighted by Gasteiger charge is -2.34. The van der Waals surface area contributed by atoms with Gasteiger partial charge in [0.1, 0.15) is 0 Å². The van der Waals surface area contributed by atoms with Crippen molar-refractivity contribution in [3.8, 4) is 0 Å². The van der Waals surface area contributed by atoms with Crippen molar-refractivity contribution in [1.82, 2.24) is 25.1 Å². The fourth-order valence-corrected chi connectivity index (χ4v) is 3.14. The van der Waals surface area contributed by atoms with Gasteiger partial charge in [-0.05, 0) is 24.1 Å². The molecule has 1 fully saturated rings. The lowest BCUT2D eigenvalue weighted by atomic mass is 10.1. The minimum Gasteiger partial charge on any atom is -0.339 e. The third kappa shape index (κ3) is 3.94. The Hall–Kier alpha value is -3.29. The fraction of sp³-hybridized carbons (Fsp3) is 0.316. The highest BCUT2D eigenvalue weighted by molar-refractivity contribution is 5.60. The average molecular weight is 362 g/mol. The van der Waals surface area contributed by atoms with Crippen molar-refractivity contribution >= 4 is 23.4 Å². The van der Waals surface area contributed by atoms with E-state index in [9.17, 15) is 0 Å². The summed E-state index contributed by atoms with van der Waals surface area (Å²) >= 11 is 0. The van der Waals surface area contributed by atoms with Gasteiger partial charge in [-0.3, -0.25) is 0 Å². The molecule has 138 valence electrons. The molecule has 8 heteroatoms. The maximum atomic E-state index is 4.66. The SMILES string of the molecule is CCc1ccccc1Nc1cnnc(N2CCN(c3ncccn3)CC2)n1. The number of aromatic nitrogens is 5. The molecule has 27 heavy (non-hydrogen) atoms. The van der Waals surface area contributed by atoms with Gasteiger partial charge in [-0.1, -0.05) is 25.1 Å². The molecular formula is C19H22N8. The zero-order chi connectivity index (χ0) is 18.5. The molecule has 0 radical (unpaired) electrons. The first-order valence-corrected chi connectivity index (χ1v) is 9.15. The molecule has 0 unspecified atom stereocenters. The zero-order valence-electron chi connectivity index (χ0n) is 15.3. The van der Waals surface area contributed by atoms with E-state index in [2.05, 4.69) is 59.3 Å². The molecule has 0 atom stereocenters. The number of aryl methyl sites for hydroxylation is 1. The highest BCUT2D eigenvalue weighted by atomic mass is 15.4. The summed E-state index contributed by atoms with van der Waals surface area (Å²) in [5.41, 5.74) is 2.30. The zero-order valence-corrected chi connectivity index (χ0v) is 15.3. The summed E-state index contributed by atoms with van der Waals surface area (Å²) in [5, 5.41) is 11.7. The van der Waals surface area contributed by atoms with Gasteiger partial charge in [0.15, 0.2) is 5.82 Å². The van der Waals surface area contributed by atoms with Gasteiger partial charge >= 0.3 is 0 Å². The van der Waals surface area contributed by atoms with E-state index in [1.54, 1.807) is 18.6 Å². The summed E-state index contributed by atoms with van der Waals surface area (Å²) < 4.78 is 0. The second-order valence-electron chi connectivity index (χ2n) is 6.30. The average Bonchev–Trinajstić information content (AvgIpc) is 2.75. The number of para-hydroxylation sites is 1. The first-order valence-electron chi connectivity index (χ1n) is 9.15. The summed E-state index contributed by atoms with van der Waals surface area (Å²) in [5.74, 6) is 2.11. The maximum absolute atomic E-state index is 4.66. The molecule has 1 aliphatic heterocycles. The second-order valence-corrected chi connectivity index (χ2v) is 6.30. The highest BCUT2D eigenvalue weighted by Gasteiger charge is 2.21. The van der Waals surface area contributed by atoms with Crippen molar-refractivity contribution in [2.45, 2.75) is 13.3 Å². The van der Waals surface area contributed by atoms with Gasteiger partial charge in [-0.2, -0.15) is 10.1 Å². The van der Waals surface area contributed by atoms with Gasteiger partial charge in [-0.25, -0.2) is 9.97 Å². The lowest BCUT2D eigenvalue weighted by molar-refractivity contribution is 0.624. The van der Waals surface area contributed by atoms with E-state index in [4.69, 9.17) is 0 Å². The largest absolute Gasteiger partial charge is 0.339 e. The molecule has 4 rings (SSSR count). The number of piperazine rings is 1. The maximum Gasteiger partial charge on any atom is 0.247 e. The Morgan fingerprint density at radius 2 is 1.63 bits per heavy atom. The molecule has 3 heterocycles. The van der Waals surface area contributed by atoms with E-state index in [0.717, 1.165) is 44.2 Å². The van der Waals surface area contributed by atoms with Crippen molar-refractivity contribution in [2.24, 2.45) is 0 Å². The Balaban J connectivity index is 1.44. The monoisotopic (exact) mass is 362 g/mol. The molecule has 0 saturated carbocycles. The third-order valence-electron chi connectivity index (χ3n) is 4.61. The quantitative estimate of drug-likeness (QED) is 0.740. The smallest absolute Gasteiger partial charge is 0.247 e. The summed E-state index contributed by atoms with van der Waals surface area (Å²) in [6.45, 7) is 5.39. The van der Waals surface area contributed by atoms with Crippen LogP contribution in [0.1, 0.15) is 12.5 Å². The van der Waals surface area contributed by atoms with Crippen LogP contribution in [0.3, 0.4) is 0 Å². The number of rotatable bonds is 5. The van der Waals surface area contributed by atoms with Gasteiger partial charge in [0.05, 0.1) is 6.20 Å². The van der Waals surface area contributed by atoms with Crippen LogP contribution in [0.4, 0.5) is 23.4 Å². The molecule has 0 amide bonds. The first kappa shape index (κ1) is 17.1. The van der Waals surface area contributed by atoms with Crippen LogP contribution >= 0.6 is 0 Å². The normalized spacial score (nSPS) is 14.3. The molecule has 1 N–H and O–H groups in total. The minimum atomic E-state index is 0.641. The second kappa shape index (κ2) is 7.94. The van der Waals surface area contributed by atoms with Gasteiger partial charge in [0.2, 0.25) is 11.9 Å². The van der Waals surface area contributed by atoms with Crippen LogP contribution < -0.4 is 15.1 Å². The van der Waals surface area contributed by atoms with Crippen molar-refractivity contribution in [2.75, 3.05) is 41.3 Å². The molecule has 0 aliphatic carbocycles. The van der Waals surface area contributed by atoms with E-state index in [1.807, 2.05) is 18.2 Å². The standard InChI is InChI=1S/C19H22N8/c1-2-15-6-3-4-7-16(15)23-17-14-22-25-19(24-17)27-12-10-26(11-13-27)18-20-8-5-9-21-18/h3-9,14H,2,10-13H2,1H3,(H,23,24,25). The number of nitrogens with zero attached hydrogens (tertiary/aromatic N) is 7. The van der Waals surface area contributed by atoms with Crippen molar-refractivity contribution in [3.63, 3.8) is 0 Å². The van der Waals surface area contributed by atoms with Crippen molar-refractivity contribution < 1.29 is 0 Å². The summed E-state index contributed by atoms with van der Waals surface area (Å²) in [4.78, 5) is 17.6. The fourth-order valence-electron chi connectivity index (χ4n) is 3.14. The Morgan fingerprint density at radius 3 is 2.37 bits per heavy atom. The highest BCUT2D eigenvalue weighted by Crippen LogP contribution is 2.21. The molecule has 1 saturated heterocycles. The number of anilines is 4. The Kier molecular flexibility index (Phi) is 5.04. The molecule has 0 spiro atoms. The first-order chi connectivity index (χ1) is 13.3. The van der Waals surface area contributed by atoms with Crippen LogP contribution in [0.25, 0.3) is 0 Å². The molecule has 0 bridgehead atoms. The molecule has 1 aromatic carbocycles. The van der Waals surface area contributed by atoms with Gasteiger partial charge in [0, 0.05) is 44.3 Å². The predicted molar refractivity (Wildman–Crippen MR) is 105 cm³/mol. The topological polar surface area (TPSA) is 83.0 Å². The van der Waals surface area contributed by atoms with Crippen LogP contribution in [0.2, 0.25) is 0 Å². The van der Waals surface area contributed by atoms with Crippen molar-refractivity contribution in [1.29, 1.82) is 0 Å². The molecule has 8 nitrogen and oxygen atoms in total. The van der Waals surface area contributed by atoms with E-state index >= 15 is 0 Å². The Labute approximate surface area is 158 Å². The van der Waals surface area contributed by atoms with Crippen LogP contribution in [-0.2, 0) is 6.42 Å². The number of benzene rings is 1. The van der Waals surface area contributed by atoms with Crippen LogP contribution in [-0.4, -0.2) is 51.3 Å². The molecule has 3 aromatic rings. The Morgan fingerprint density at radius 1 is 0.926 bits per heavy atom. The van der Waals surface area contributed by atoms with Crippen LogP contribution in [0.5, 0.6) is 0 Å². The number of hydrogen-bond donors (Lipinski definition) is 1. The van der Waals surface area contributed by atoms with E-state index < -0.39 is 0 Å². The van der Waals surface area contributed by atoms with Gasteiger partial charge in [-0.15, -0.1) is 5.10 Å². The van der Waals surface area contributed by atoms with Crippen LogP contribution in [0, 0.1) is 0 Å². The van der Waals surface area contributed by atoms with E-state index in [0.29, 0.717) is 11.8 Å². The van der Waals surface area contributed by atoms with E-state index in [-0.39, 0.29) is 0 Å². The number of nitrogens with one attached hydrogen (secondary N) is 1. The Bertz CT molecular complexity index is 878. The molecule has 2 aromatic heterocycles. The molecular weight excluding hydrogens is 340 g/mol. The minimum absolute atomic E-state index is 0.641. The third-order valence-corrected chi connectivity index (χ3v) is 4.61. The summed E-state index contributed by atoms with van der Waals surface area (Å²) in [7, 11) is 0. The van der Waals surface area contributed by atoms with Gasteiger partial charge < -0.3 is 15.1 Å². The summed E-state index contributed by atoms with van der Waals surface area (Å²) in [6.07, 6.45) is 6.15. The number of hydrogen-bond acceptors (Lipinski definition) is 8. The predicted octanol–water partition coefficient (Wildman–Crippen LogP) is 2.29.